The molecule has 0 aliphatic rings. The van der Waals surface area contributed by atoms with Crippen LogP contribution in [-0.4, -0.2) is 33.3 Å². The highest BCUT2D eigenvalue weighted by Crippen LogP contribution is 2.37. The van der Waals surface area contributed by atoms with Crippen LogP contribution in [0.25, 0.3) is 0 Å². The summed E-state index contributed by atoms with van der Waals surface area (Å²) in [6, 6.07) is 11.2. The van der Waals surface area contributed by atoms with Crippen LogP contribution < -0.4 is 14.2 Å². The van der Waals surface area contributed by atoms with E-state index in [4.69, 9.17) is 14.2 Å². The van der Waals surface area contributed by atoms with Gasteiger partial charge in [-0.25, -0.2) is 9.59 Å². The first kappa shape index (κ1) is 16.4. The van der Waals surface area contributed by atoms with Crippen molar-refractivity contribution >= 4 is 11.9 Å². The highest BCUT2D eigenvalue weighted by molar-refractivity contribution is 6.03. The monoisotopic (exact) mass is 316 g/mol. The van der Waals surface area contributed by atoms with E-state index in [9.17, 15) is 9.59 Å². The standard InChI is InChI=1S/C17H16O6/c1-20-13-9-6-10-14(21-2)15(13)23-17(19)12-8-5-4-7-11(12)16(18)22-3/h4-10H,1-3H3. The van der Waals surface area contributed by atoms with Crippen LogP contribution in [-0.2, 0) is 4.74 Å². The van der Waals surface area contributed by atoms with Crippen molar-refractivity contribution in [3.8, 4) is 17.2 Å². The summed E-state index contributed by atoms with van der Waals surface area (Å²) in [5.74, 6) is -0.512. The van der Waals surface area contributed by atoms with Crippen LogP contribution in [0.2, 0.25) is 0 Å². The quantitative estimate of drug-likeness (QED) is 0.624. The van der Waals surface area contributed by atoms with Crippen LogP contribution in [0, 0.1) is 0 Å². The maximum absolute atomic E-state index is 12.5. The minimum atomic E-state index is -0.714. The van der Waals surface area contributed by atoms with Crippen molar-refractivity contribution in [1.82, 2.24) is 0 Å². The van der Waals surface area contributed by atoms with E-state index < -0.39 is 11.9 Å². The molecular weight excluding hydrogens is 300 g/mol. The molecule has 0 heterocycles. The van der Waals surface area contributed by atoms with Gasteiger partial charge in [0.25, 0.3) is 0 Å². The first-order valence-corrected chi connectivity index (χ1v) is 6.72. The van der Waals surface area contributed by atoms with Crippen molar-refractivity contribution in [2.45, 2.75) is 0 Å². The number of methoxy groups -OCH3 is 3. The SMILES string of the molecule is COC(=O)c1ccccc1C(=O)Oc1c(OC)cccc1OC. The molecule has 23 heavy (non-hydrogen) atoms. The highest BCUT2D eigenvalue weighted by atomic mass is 16.6. The van der Waals surface area contributed by atoms with Crippen molar-refractivity contribution < 1.29 is 28.5 Å². The maximum Gasteiger partial charge on any atom is 0.344 e. The Balaban J connectivity index is 2.39. The number of hydrogen-bond donors (Lipinski definition) is 0. The number of hydrogen-bond acceptors (Lipinski definition) is 6. The van der Waals surface area contributed by atoms with Gasteiger partial charge >= 0.3 is 11.9 Å². The van der Waals surface area contributed by atoms with Crippen molar-refractivity contribution in [2.75, 3.05) is 21.3 Å². The normalized spacial score (nSPS) is 9.87. The number of esters is 2. The molecule has 0 radical (unpaired) electrons. The molecule has 0 fully saturated rings. The van der Waals surface area contributed by atoms with E-state index in [1.54, 1.807) is 30.3 Å². The van der Waals surface area contributed by atoms with Crippen molar-refractivity contribution in [3.63, 3.8) is 0 Å². The lowest BCUT2D eigenvalue weighted by Crippen LogP contribution is -2.15. The Labute approximate surface area is 133 Å². The lowest BCUT2D eigenvalue weighted by Gasteiger charge is -2.13. The molecule has 0 unspecified atom stereocenters. The number of para-hydroxylation sites is 1. The van der Waals surface area contributed by atoms with E-state index in [-0.39, 0.29) is 16.9 Å². The number of rotatable bonds is 5. The summed E-state index contributed by atoms with van der Waals surface area (Å²) in [6.45, 7) is 0. The van der Waals surface area contributed by atoms with Gasteiger partial charge in [-0.3, -0.25) is 0 Å². The van der Waals surface area contributed by atoms with Gasteiger partial charge < -0.3 is 18.9 Å². The second kappa shape index (κ2) is 7.31. The van der Waals surface area contributed by atoms with Gasteiger partial charge in [-0.05, 0) is 24.3 Å². The first-order valence-electron chi connectivity index (χ1n) is 6.72. The second-order valence-corrected chi connectivity index (χ2v) is 4.42. The summed E-state index contributed by atoms with van der Waals surface area (Å²) in [5.41, 5.74) is 0.209. The smallest absolute Gasteiger partial charge is 0.344 e. The number of benzene rings is 2. The van der Waals surface area contributed by atoms with Crippen molar-refractivity contribution in [3.05, 3.63) is 53.6 Å². The Bertz CT molecular complexity index is 701. The largest absolute Gasteiger partial charge is 0.493 e. The predicted molar refractivity (Wildman–Crippen MR) is 82.3 cm³/mol. The molecule has 120 valence electrons. The number of carbonyl (C=O) groups excluding carboxylic acids is 2. The molecule has 2 aromatic rings. The zero-order valence-electron chi connectivity index (χ0n) is 13.0. The van der Waals surface area contributed by atoms with Gasteiger partial charge in [0.1, 0.15) is 0 Å². The molecule has 0 N–H and O–H groups in total. The predicted octanol–water partition coefficient (Wildman–Crippen LogP) is 2.71. The minimum absolute atomic E-state index is 0.0901. The van der Waals surface area contributed by atoms with Crippen LogP contribution in [0.15, 0.2) is 42.5 Å². The average Bonchev–Trinajstić information content (AvgIpc) is 2.61. The van der Waals surface area contributed by atoms with E-state index >= 15 is 0 Å². The highest BCUT2D eigenvalue weighted by Gasteiger charge is 2.22. The molecule has 0 atom stereocenters. The minimum Gasteiger partial charge on any atom is -0.493 e. The Kier molecular flexibility index (Phi) is 5.19. The van der Waals surface area contributed by atoms with E-state index in [2.05, 4.69) is 4.74 Å². The van der Waals surface area contributed by atoms with Crippen LogP contribution in [0.1, 0.15) is 20.7 Å². The summed E-state index contributed by atoms with van der Waals surface area (Å²) >= 11 is 0. The molecule has 0 bridgehead atoms. The molecule has 0 aliphatic heterocycles. The zero-order chi connectivity index (χ0) is 16.8. The summed E-state index contributed by atoms with van der Waals surface area (Å²) in [6.07, 6.45) is 0. The van der Waals surface area contributed by atoms with Crippen LogP contribution in [0.3, 0.4) is 0 Å². The Morgan fingerprint density at radius 3 is 1.74 bits per heavy atom. The molecule has 0 spiro atoms. The molecule has 6 nitrogen and oxygen atoms in total. The fraction of sp³-hybridized carbons (Fsp3) is 0.176. The summed E-state index contributed by atoms with van der Waals surface area (Å²) in [4.78, 5) is 24.2. The Hall–Kier alpha value is -3.02. The third-order valence-corrected chi connectivity index (χ3v) is 3.13. The van der Waals surface area contributed by atoms with Gasteiger partial charge in [0.2, 0.25) is 5.75 Å². The summed E-state index contributed by atoms with van der Waals surface area (Å²) in [7, 11) is 4.15. The lowest BCUT2D eigenvalue weighted by atomic mass is 10.1. The Morgan fingerprint density at radius 2 is 1.26 bits per heavy atom. The van der Waals surface area contributed by atoms with Gasteiger partial charge in [-0.15, -0.1) is 0 Å². The third-order valence-electron chi connectivity index (χ3n) is 3.13. The second-order valence-electron chi connectivity index (χ2n) is 4.42. The van der Waals surface area contributed by atoms with Gasteiger partial charge in [-0.2, -0.15) is 0 Å². The van der Waals surface area contributed by atoms with Crippen molar-refractivity contribution in [2.24, 2.45) is 0 Å². The average molecular weight is 316 g/mol. The van der Waals surface area contributed by atoms with E-state index in [1.807, 2.05) is 0 Å². The molecule has 2 aromatic carbocycles. The van der Waals surface area contributed by atoms with Gasteiger partial charge in [0, 0.05) is 0 Å². The van der Waals surface area contributed by atoms with Crippen molar-refractivity contribution in [1.29, 1.82) is 0 Å². The molecule has 6 heteroatoms. The number of carbonyl (C=O) groups is 2. The third kappa shape index (κ3) is 3.42. The first-order chi connectivity index (χ1) is 11.1. The van der Waals surface area contributed by atoms with Crippen LogP contribution in [0.4, 0.5) is 0 Å². The van der Waals surface area contributed by atoms with Crippen LogP contribution >= 0.6 is 0 Å². The van der Waals surface area contributed by atoms with E-state index in [0.717, 1.165) is 0 Å². The van der Waals surface area contributed by atoms with E-state index in [1.165, 1.54) is 33.5 Å². The molecule has 0 saturated carbocycles. The zero-order valence-corrected chi connectivity index (χ0v) is 13.0. The van der Waals surface area contributed by atoms with Crippen LogP contribution in [0.5, 0.6) is 17.2 Å². The lowest BCUT2D eigenvalue weighted by molar-refractivity contribution is 0.0587. The molecule has 2 rings (SSSR count). The van der Waals surface area contributed by atoms with Gasteiger partial charge in [-0.1, -0.05) is 18.2 Å². The molecule has 0 saturated heterocycles. The fourth-order valence-corrected chi connectivity index (χ4v) is 2.01. The Morgan fingerprint density at radius 1 is 0.739 bits per heavy atom. The van der Waals surface area contributed by atoms with Gasteiger partial charge in [0.15, 0.2) is 11.5 Å². The molecule has 0 amide bonds. The number of ether oxygens (including phenoxy) is 4. The topological polar surface area (TPSA) is 71.1 Å². The molecule has 0 aliphatic carbocycles. The summed E-state index contributed by atoms with van der Waals surface area (Å²) < 4.78 is 20.4. The molecular formula is C17H16O6. The summed E-state index contributed by atoms with van der Waals surface area (Å²) in [5, 5.41) is 0. The molecule has 0 aromatic heterocycles. The van der Waals surface area contributed by atoms with Gasteiger partial charge in [0.05, 0.1) is 32.5 Å². The fourth-order valence-electron chi connectivity index (χ4n) is 2.01. The maximum atomic E-state index is 12.5. The van der Waals surface area contributed by atoms with E-state index in [0.29, 0.717) is 11.5 Å².